The summed E-state index contributed by atoms with van der Waals surface area (Å²) < 4.78 is 16.2. The predicted octanol–water partition coefficient (Wildman–Crippen LogP) is 6.26. The van der Waals surface area contributed by atoms with Gasteiger partial charge in [-0.15, -0.1) is 0 Å². The van der Waals surface area contributed by atoms with Crippen LogP contribution in [-0.2, 0) is 0 Å². The minimum Gasteiger partial charge on any atom is -0.318 e. The van der Waals surface area contributed by atoms with Gasteiger partial charge in [-0.3, -0.25) is 0 Å². The molecule has 0 unspecified atom stereocenters. The highest BCUT2D eigenvalue weighted by atomic mass is 35.5. The Bertz CT molecular complexity index is 1050. The third-order valence-corrected chi connectivity index (χ3v) is 4.70. The molecule has 1 heterocycles. The van der Waals surface area contributed by atoms with Gasteiger partial charge in [-0.2, -0.15) is 5.26 Å². The monoisotopic (exact) mass is 364 g/mol. The van der Waals surface area contributed by atoms with Crippen LogP contribution < -0.4 is 0 Å². The van der Waals surface area contributed by atoms with Gasteiger partial charge in [0.05, 0.1) is 11.6 Å². The number of aryl methyl sites for hydroxylation is 2. The summed E-state index contributed by atoms with van der Waals surface area (Å²) in [6.45, 7) is 6.01. The van der Waals surface area contributed by atoms with Crippen LogP contribution in [0.2, 0.25) is 5.02 Å². The summed E-state index contributed by atoms with van der Waals surface area (Å²) in [7, 11) is 0. The van der Waals surface area contributed by atoms with E-state index in [2.05, 4.69) is 10.6 Å². The van der Waals surface area contributed by atoms with Crippen molar-refractivity contribution in [3.05, 3.63) is 87.4 Å². The van der Waals surface area contributed by atoms with Gasteiger partial charge in [-0.05, 0) is 62.2 Å². The van der Waals surface area contributed by atoms with Crippen LogP contribution >= 0.6 is 11.6 Å². The molecule has 4 heteroatoms. The van der Waals surface area contributed by atoms with E-state index in [0.717, 1.165) is 28.2 Å². The number of nitrogens with zero attached hydrogens (tertiary/aromatic N) is 2. The van der Waals surface area contributed by atoms with E-state index in [1.165, 1.54) is 6.07 Å². The number of aromatic nitrogens is 1. The van der Waals surface area contributed by atoms with Gasteiger partial charge < -0.3 is 4.57 Å². The standard InChI is InChI=1S/C22H18ClFN2/c1-14-8-9-19(23)12-22(14)26-15(2)10-17(16(26)3)11-18(13-25)20-6-4-5-7-21(20)24/h4-12H,1-3H3/b18-11-. The van der Waals surface area contributed by atoms with Crippen molar-refractivity contribution in [2.75, 3.05) is 0 Å². The lowest BCUT2D eigenvalue weighted by Gasteiger charge is -2.13. The predicted molar refractivity (Wildman–Crippen MR) is 105 cm³/mol. The van der Waals surface area contributed by atoms with Gasteiger partial charge >= 0.3 is 0 Å². The number of halogens is 2. The summed E-state index contributed by atoms with van der Waals surface area (Å²) in [6, 6.07) is 16.2. The summed E-state index contributed by atoms with van der Waals surface area (Å²) in [5, 5.41) is 10.2. The van der Waals surface area contributed by atoms with E-state index in [1.807, 2.05) is 45.0 Å². The SMILES string of the molecule is Cc1ccc(Cl)cc1-n1c(C)cc(/C=C(/C#N)c2ccccc2F)c1C. The zero-order valence-corrected chi connectivity index (χ0v) is 15.6. The second kappa shape index (κ2) is 7.19. The number of benzene rings is 2. The Hall–Kier alpha value is -2.83. The van der Waals surface area contributed by atoms with Crippen LogP contribution in [0.1, 0.15) is 28.1 Å². The number of allylic oxidation sites excluding steroid dienone is 1. The Kier molecular flexibility index (Phi) is 4.97. The molecule has 0 saturated heterocycles. The van der Waals surface area contributed by atoms with Crippen LogP contribution in [0.15, 0.2) is 48.5 Å². The molecule has 0 fully saturated rings. The van der Waals surface area contributed by atoms with E-state index >= 15 is 0 Å². The van der Waals surface area contributed by atoms with Gasteiger partial charge in [0, 0.05) is 27.7 Å². The summed E-state index contributed by atoms with van der Waals surface area (Å²) in [5.41, 5.74) is 5.56. The average Bonchev–Trinajstić information content (AvgIpc) is 2.89. The highest BCUT2D eigenvalue weighted by Crippen LogP contribution is 2.28. The van der Waals surface area contributed by atoms with Crippen molar-refractivity contribution in [2.24, 2.45) is 0 Å². The molecule has 0 amide bonds. The minimum atomic E-state index is -0.403. The van der Waals surface area contributed by atoms with Crippen molar-refractivity contribution in [1.29, 1.82) is 5.26 Å². The zero-order chi connectivity index (χ0) is 18.8. The lowest BCUT2D eigenvalue weighted by molar-refractivity contribution is 0.624. The van der Waals surface area contributed by atoms with Crippen molar-refractivity contribution < 1.29 is 4.39 Å². The third-order valence-electron chi connectivity index (χ3n) is 4.47. The van der Waals surface area contributed by atoms with E-state index in [4.69, 9.17) is 11.6 Å². The van der Waals surface area contributed by atoms with Crippen molar-refractivity contribution >= 4 is 23.3 Å². The first-order valence-electron chi connectivity index (χ1n) is 8.24. The number of rotatable bonds is 3. The molecule has 0 aliphatic heterocycles. The van der Waals surface area contributed by atoms with E-state index in [0.29, 0.717) is 16.2 Å². The van der Waals surface area contributed by atoms with Crippen LogP contribution in [0.3, 0.4) is 0 Å². The molecule has 2 nitrogen and oxygen atoms in total. The van der Waals surface area contributed by atoms with Gasteiger partial charge in [-0.25, -0.2) is 4.39 Å². The first-order valence-corrected chi connectivity index (χ1v) is 8.62. The van der Waals surface area contributed by atoms with Crippen LogP contribution in [0.5, 0.6) is 0 Å². The Labute approximate surface area is 157 Å². The Morgan fingerprint density at radius 3 is 2.54 bits per heavy atom. The smallest absolute Gasteiger partial charge is 0.131 e. The Morgan fingerprint density at radius 2 is 1.85 bits per heavy atom. The van der Waals surface area contributed by atoms with Gasteiger partial charge in [0.1, 0.15) is 5.82 Å². The maximum Gasteiger partial charge on any atom is 0.131 e. The molecule has 1 aromatic heterocycles. The number of nitriles is 1. The molecule has 0 spiro atoms. The lowest BCUT2D eigenvalue weighted by atomic mass is 10.0. The fourth-order valence-corrected chi connectivity index (χ4v) is 3.30. The van der Waals surface area contributed by atoms with Gasteiger partial charge in [0.25, 0.3) is 0 Å². The number of hydrogen-bond acceptors (Lipinski definition) is 1. The Balaban J connectivity index is 2.15. The van der Waals surface area contributed by atoms with Gasteiger partial charge in [-0.1, -0.05) is 35.9 Å². The maximum absolute atomic E-state index is 14.1. The van der Waals surface area contributed by atoms with E-state index < -0.39 is 5.82 Å². The highest BCUT2D eigenvalue weighted by Gasteiger charge is 2.14. The van der Waals surface area contributed by atoms with E-state index in [-0.39, 0.29) is 0 Å². The molecule has 3 aromatic rings. The normalized spacial score (nSPS) is 11.5. The first-order chi connectivity index (χ1) is 12.4. The van der Waals surface area contributed by atoms with Crippen molar-refractivity contribution in [3.63, 3.8) is 0 Å². The van der Waals surface area contributed by atoms with Crippen molar-refractivity contribution in [1.82, 2.24) is 4.57 Å². The fourth-order valence-electron chi connectivity index (χ4n) is 3.13. The molecule has 0 atom stereocenters. The number of hydrogen-bond donors (Lipinski definition) is 0. The van der Waals surface area contributed by atoms with Gasteiger partial charge in [0.15, 0.2) is 0 Å². The molecule has 0 saturated carbocycles. The van der Waals surface area contributed by atoms with Gasteiger partial charge in [0.2, 0.25) is 0 Å². The van der Waals surface area contributed by atoms with Crippen LogP contribution in [0.25, 0.3) is 17.3 Å². The molecule has 130 valence electrons. The van der Waals surface area contributed by atoms with E-state index in [9.17, 15) is 9.65 Å². The van der Waals surface area contributed by atoms with E-state index in [1.54, 1.807) is 24.3 Å². The van der Waals surface area contributed by atoms with Crippen molar-refractivity contribution in [3.8, 4) is 11.8 Å². The lowest BCUT2D eigenvalue weighted by Crippen LogP contribution is -2.01. The van der Waals surface area contributed by atoms with Crippen LogP contribution in [0, 0.1) is 37.9 Å². The Morgan fingerprint density at radius 1 is 1.12 bits per heavy atom. The first kappa shape index (κ1) is 18.0. The second-order valence-electron chi connectivity index (χ2n) is 6.24. The molecule has 3 rings (SSSR count). The topological polar surface area (TPSA) is 28.7 Å². The average molecular weight is 365 g/mol. The highest BCUT2D eigenvalue weighted by molar-refractivity contribution is 6.30. The third kappa shape index (κ3) is 3.29. The zero-order valence-electron chi connectivity index (χ0n) is 14.8. The molecule has 26 heavy (non-hydrogen) atoms. The molecule has 0 aliphatic carbocycles. The molecular formula is C22H18ClFN2. The molecule has 0 bridgehead atoms. The summed E-state index contributed by atoms with van der Waals surface area (Å²) in [6.07, 6.45) is 1.73. The molecule has 2 aromatic carbocycles. The second-order valence-corrected chi connectivity index (χ2v) is 6.68. The summed E-state index contributed by atoms with van der Waals surface area (Å²) in [4.78, 5) is 0. The minimum absolute atomic E-state index is 0.297. The van der Waals surface area contributed by atoms with Crippen molar-refractivity contribution in [2.45, 2.75) is 20.8 Å². The van der Waals surface area contributed by atoms with Crippen LogP contribution in [0.4, 0.5) is 4.39 Å². The molecule has 0 aliphatic rings. The largest absolute Gasteiger partial charge is 0.318 e. The summed E-state index contributed by atoms with van der Waals surface area (Å²) in [5.74, 6) is -0.403. The summed E-state index contributed by atoms with van der Waals surface area (Å²) >= 11 is 6.17. The fraction of sp³-hybridized carbons (Fsp3) is 0.136. The molecular weight excluding hydrogens is 347 g/mol. The molecule has 0 N–H and O–H groups in total. The maximum atomic E-state index is 14.1. The molecule has 0 radical (unpaired) electrons. The van der Waals surface area contributed by atoms with Crippen LogP contribution in [-0.4, -0.2) is 4.57 Å². The quantitative estimate of drug-likeness (QED) is 0.504.